The lowest BCUT2D eigenvalue weighted by atomic mass is 10.9. The Bertz CT molecular complexity index is 301. The monoisotopic (exact) mass is 226 g/mol. The highest BCUT2D eigenvalue weighted by atomic mass is 31.2. The molecule has 80 valence electrons. The number of hydrogen-bond donors (Lipinski definition) is 6. The number of hydrogen-bond acceptors (Lipinski definition) is 7. The fourth-order valence-electron chi connectivity index (χ4n) is 0.427. The van der Waals surface area contributed by atoms with Crippen LogP contribution in [-0.4, -0.2) is 29.6 Å². The summed E-state index contributed by atoms with van der Waals surface area (Å²) in [6.45, 7) is 0. The summed E-state index contributed by atoms with van der Waals surface area (Å²) in [7, 11) is -4.64. The molecule has 1 heterocycles. The maximum Gasteiger partial charge on any atom is 1.00 e. The molecule has 1 aromatic heterocycles. The molecule has 0 spiro atoms. The van der Waals surface area contributed by atoms with Crippen LogP contribution in [0, 0.1) is 0 Å². The van der Waals surface area contributed by atoms with Crippen LogP contribution < -0.4 is 17.2 Å². The maximum absolute atomic E-state index is 8.88. The SMILES string of the molecule is Nc1nc(N)nc(N)n1.O=P(O)(O)O.[H+].[H+]. The summed E-state index contributed by atoms with van der Waals surface area (Å²) in [5, 5.41) is 0. The summed E-state index contributed by atoms with van der Waals surface area (Å²) in [5.74, 6) is 0.125. The number of nitrogens with two attached hydrogens (primary N) is 3. The van der Waals surface area contributed by atoms with Crippen LogP contribution in [0.1, 0.15) is 2.85 Å². The third kappa shape index (κ3) is 8.62. The van der Waals surface area contributed by atoms with Crippen molar-refractivity contribution in [2.24, 2.45) is 0 Å². The van der Waals surface area contributed by atoms with Crippen LogP contribution in [0.3, 0.4) is 0 Å². The molecule has 0 saturated heterocycles. The minimum absolute atomic E-state index is 0. The number of anilines is 3. The lowest BCUT2D eigenvalue weighted by Gasteiger charge is -1.93. The van der Waals surface area contributed by atoms with E-state index in [2.05, 4.69) is 15.0 Å². The molecule has 0 unspecified atom stereocenters. The molecule has 0 amide bonds. The van der Waals surface area contributed by atoms with Gasteiger partial charge in [-0.05, 0) is 0 Å². The van der Waals surface area contributed by atoms with Crippen molar-refractivity contribution in [1.82, 2.24) is 15.0 Å². The summed E-state index contributed by atoms with van der Waals surface area (Å²) in [6, 6.07) is 0. The van der Waals surface area contributed by atoms with E-state index in [9.17, 15) is 0 Å². The van der Waals surface area contributed by atoms with Crippen LogP contribution in [0.2, 0.25) is 0 Å². The van der Waals surface area contributed by atoms with Gasteiger partial charge in [-0.25, -0.2) is 4.57 Å². The molecule has 1 aromatic rings. The van der Waals surface area contributed by atoms with E-state index in [4.69, 9.17) is 36.4 Å². The minimum Gasteiger partial charge on any atom is -0.368 e. The summed E-state index contributed by atoms with van der Waals surface area (Å²) < 4.78 is 8.88. The van der Waals surface area contributed by atoms with Crippen molar-refractivity contribution in [2.45, 2.75) is 0 Å². The fourth-order valence-corrected chi connectivity index (χ4v) is 0.427. The highest BCUT2D eigenvalue weighted by molar-refractivity contribution is 7.45. The van der Waals surface area contributed by atoms with E-state index in [1.807, 2.05) is 0 Å². The van der Waals surface area contributed by atoms with E-state index in [0.29, 0.717) is 0 Å². The zero-order valence-corrected chi connectivity index (χ0v) is 7.67. The van der Waals surface area contributed by atoms with Crippen LogP contribution in [0.15, 0.2) is 0 Å². The third-order valence-corrected chi connectivity index (χ3v) is 0.687. The molecule has 0 fully saturated rings. The van der Waals surface area contributed by atoms with Gasteiger partial charge in [-0.3, -0.25) is 0 Å². The molecule has 0 atom stereocenters. The van der Waals surface area contributed by atoms with Crippen molar-refractivity contribution in [1.29, 1.82) is 0 Å². The molecule has 11 heteroatoms. The molecular formula is C3H11N6O4P+2. The van der Waals surface area contributed by atoms with E-state index in [-0.39, 0.29) is 20.7 Å². The van der Waals surface area contributed by atoms with E-state index in [1.54, 1.807) is 0 Å². The van der Waals surface area contributed by atoms with Crippen LogP contribution >= 0.6 is 7.82 Å². The van der Waals surface area contributed by atoms with Gasteiger partial charge in [0, 0.05) is 0 Å². The van der Waals surface area contributed by atoms with Gasteiger partial charge in [0.15, 0.2) is 0 Å². The lowest BCUT2D eigenvalue weighted by Crippen LogP contribution is -2.05. The lowest BCUT2D eigenvalue weighted by molar-refractivity contribution is 0.275. The first kappa shape index (κ1) is 12.5. The van der Waals surface area contributed by atoms with Gasteiger partial charge in [0.1, 0.15) is 0 Å². The number of aromatic nitrogens is 3. The Morgan fingerprint density at radius 3 is 1.21 bits per heavy atom. The summed E-state index contributed by atoms with van der Waals surface area (Å²) in [4.78, 5) is 32.0. The normalized spacial score (nSPS) is 10.2. The molecule has 0 aromatic carbocycles. The molecule has 9 N–H and O–H groups in total. The van der Waals surface area contributed by atoms with Crippen LogP contribution in [0.25, 0.3) is 0 Å². The minimum atomic E-state index is -4.64. The predicted octanol–water partition coefficient (Wildman–Crippen LogP) is -2.09. The second-order valence-electron chi connectivity index (χ2n) is 1.92. The van der Waals surface area contributed by atoms with E-state index >= 15 is 0 Å². The first-order valence-corrected chi connectivity index (χ1v) is 4.56. The molecule has 10 nitrogen and oxygen atoms in total. The van der Waals surface area contributed by atoms with Crippen LogP contribution in [0.4, 0.5) is 17.8 Å². The summed E-state index contributed by atoms with van der Waals surface area (Å²) in [6.07, 6.45) is 0. The zero-order valence-electron chi connectivity index (χ0n) is 8.77. The first-order valence-electron chi connectivity index (χ1n) is 2.99. The van der Waals surface area contributed by atoms with Crippen molar-refractivity contribution in [2.75, 3.05) is 17.2 Å². The van der Waals surface area contributed by atoms with Gasteiger partial charge in [-0.1, -0.05) is 0 Å². The van der Waals surface area contributed by atoms with Crippen molar-refractivity contribution in [3.05, 3.63) is 0 Å². The molecule has 1 rings (SSSR count). The van der Waals surface area contributed by atoms with Gasteiger partial charge in [-0.2, -0.15) is 15.0 Å². The smallest absolute Gasteiger partial charge is 0.368 e. The second-order valence-corrected chi connectivity index (χ2v) is 2.95. The maximum atomic E-state index is 8.88. The van der Waals surface area contributed by atoms with Crippen molar-refractivity contribution in [3.63, 3.8) is 0 Å². The Morgan fingerprint density at radius 2 is 1.07 bits per heavy atom. The van der Waals surface area contributed by atoms with Gasteiger partial charge < -0.3 is 31.9 Å². The Balaban J connectivity index is -0.000000214. The number of phosphoric acid groups is 1. The Labute approximate surface area is 81.0 Å². The molecular weight excluding hydrogens is 215 g/mol. The van der Waals surface area contributed by atoms with E-state index < -0.39 is 7.82 Å². The van der Waals surface area contributed by atoms with Crippen molar-refractivity contribution in [3.8, 4) is 0 Å². The zero-order chi connectivity index (χ0) is 11.4. The average molecular weight is 226 g/mol. The Morgan fingerprint density at radius 1 is 0.929 bits per heavy atom. The van der Waals surface area contributed by atoms with Crippen LogP contribution in [0.5, 0.6) is 0 Å². The van der Waals surface area contributed by atoms with E-state index in [0.717, 1.165) is 0 Å². The van der Waals surface area contributed by atoms with Crippen LogP contribution in [-0.2, 0) is 4.57 Å². The number of nitrogen functional groups attached to an aromatic ring is 3. The van der Waals surface area contributed by atoms with Gasteiger partial charge >= 0.3 is 10.7 Å². The average Bonchev–Trinajstić information content (AvgIpc) is 1.77. The Hall–Kier alpha value is -1.48. The summed E-state index contributed by atoms with van der Waals surface area (Å²) in [5.41, 5.74) is 15.4. The van der Waals surface area contributed by atoms with Gasteiger partial charge in [0.2, 0.25) is 17.8 Å². The molecule has 0 saturated carbocycles. The molecule has 0 radical (unpaired) electrons. The molecule has 14 heavy (non-hydrogen) atoms. The highest BCUT2D eigenvalue weighted by Crippen LogP contribution is 2.25. The van der Waals surface area contributed by atoms with E-state index in [1.165, 1.54) is 0 Å². The number of rotatable bonds is 0. The largest absolute Gasteiger partial charge is 1.00 e. The highest BCUT2D eigenvalue weighted by Gasteiger charge is 2.00. The fraction of sp³-hybridized carbons (Fsp3) is 0. The number of nitrogens with zero attached hydrogens (tertiary/aromatic N) is 3. The summed E-state index contributed by atoms with van der Waals surface area (Å²) >= 11 is 0. The van der Waals surface area contributed by atoms with Gasteiger partial charge in [0.05, 0.1) is 0 Å². The van der Waals surface area contributed by atoms with Crippen molar-refractivity contribution < 1.29 is 22.1 Å². The molecule has 0 aliphatic carbocycles. The third-order valence-electron chi connectivity index (χ3n) is 0.687. The first-order chi connectivity index (χ1) is 6.18. The molecule has 0 aliphatic heterocycles. The van der Waals surface area contributed by atoms with Gasteiger partial charge in [-0.15, -0.1) is 0 Å². The standard InChI is InChI=1S/C3H6N6.H3O4P/c4-1-7-2(5)9-3(6)8-1;1-5(2,3)4/h(H6,4,5,6,7,8,9);(H3,1,2,3,4)/p+2. The van der Waals surface area contributed by atoms with Gasteiger partial charge in [0.25, 0.3) is 0 Å². The Kier molecular flexibility index (Phi) is 4.18. The quantitative estimate of drug-likeness (QED) is 0.267. The topological polar surface area (TPSA) is 194 Å². The van der Waals surface area contributed by atoms with Crippen molar-refractivity contribution >= 4 is 25.7 Å². The predicted molar refractivity (Wildman–Crippen MR) is 49.6 cm³/mol. The second kappa shape index (κ2) is 4.67. The molecule has 0 aliphatic rings. The molecule has 0 bridgehead atoms.